The molecule has 0 saturated heterocycles. The lowest BCUT2D eigenvalue weighted by Gasteiger charge is -2.27. The number of benzene rings is 1. The van der Waals surface area contributed by atoms with E-state index in [9.17, 15) is 0 Å². The molecule has 1 aliphatic carbocycles. The standard InChI is InChI=1S/C18H26N2/c1-15-6-5-7-16(14-15)11-13-20-18(10-12-19)17-8-3-2-4-9-17/h2-4,8-9,15-16,18,20H,5-7,10-11,13-14H2,1H3. The molecule has 2 rings (SSSR count). The van der Waals surface area contributed by atoms with E-state index >= 15 is 0 Å². The minimum absolute atomic E-state index is 0.183. The Labute approximate surface area is 123 Å². The summed E-state index contributed by atoms with van der Waals surface area (Å²) in [5, 5.41) is 12.6. The summed E-state index contributed by atoms with van der Waals surface area (Å²) in [5.74, 6) is 1.78. The topological polar surface area (TPSA) is 35.8 Å². The van der Waals surface area contributed by atoms with Crippen LogP contribution in [0.25, 0.3) is 0 Å². The fourth-order valence-electron chi connectivity index (χ4n) is 3.37. The largest absolute Gasteiger partial charge is 0.309 e. The average molecular weight is 270 g/mol. The second-order valence-corrected chi connectivity index (χ2v) is 6.21. The molecule has 0 aliphatic heterocycles. The molecule has 2 nitrogen and oxygen atoms in total. The van der Waals surface area contributed by atoms with Gasteiger partial charge in [0.05, 0.1) is 12.5 Å². The molecule has 0 heterocycles. The third-order valence-electron chi connectivity index (χ3n) is 4.49. The highest BCUT2D eigenvalue weighted by molar-refractivity contribution is 5.19. The molecule has 108 valence electrons. The Morgan fingerprint density at radius 3 is 2.80 bits per heavy atom. The highest BCUT2D eigenvalue weighted by Crippen LogP contribution is 2.30. The van der Waals surface area contributed by atoms with Crippen LogP contribution >= 0.6 is 0 Å². The third kappa shape index (κ3) is 4.65. The third-order valence-corrected chi connectivity index (χ3v) is 4.49. The van der Waals surface area contributed by atoms with Gasteiger partial charge in [0.2, 0.25) is 0 Å². The fraction of sp³-hybridized carbons (Fsp3) is 0.611. The van der Waals surface area contributed by atoms with Crippen LogP contribution in [0.2, 0.25) is 0 Å². The monoisotopic (exact) mass is 270 g/mol. The molecule has 0 amide bonds. The summed E-state index contributed by atoms with van der Waals surface area (Å²) >= 11 is 0. The summed E-state index contributed by atoms with van der Waals surface area (Å²) in [4.78, 5) is 0. The molecule has 1 aromatic carbocycles. The van der Waals surface area contributed by atoms with Crippen molar-refractivity contribution in [2.45, 2.75) is 51.5 Å². The number of rotatable bonds is 6. The zero-order valence-corrected chi connectivity index (χ0v) is 12.5. The van der Waals surface area contributed by atoms with Crippen molar-refractivity contribution in [2.24, 2.45) is 11.8 Å². The Bertz CT molecular complexity index is 421. The van der Waals surface area contributed by atoms with E-state index in [1.165, 1.54) is 37.7 Å². The predicted molar refractivity (Wildman–Crippen MR) is 83.2 cm³/mol. The van der Waals surface area contributed by atoms with Crippen molar-refractivity contribution < 1.29 is 0 Å². The highest BCUT2D eigenvalue weighted by Gasteiger charge is 2.19. The Kier molecular flexibility index (Phi) is 6.08. The van der Waals surface area contributed by atoms with Gasteiger partial charge in [0.15, 0.2) is 0 Å². The van der Waals surface area contributed by atoms with Crippen LogP contribution < -0.4 is 5.32 Å². The minimum atomic E-state index is 0.183. The quantitative estimate of drug-likeness (QED) is 0.829. The Balaban J connectivity index is 1.79. The zero-order chi connectivity index (χ0) is 14.2. The number of nitrogens with zero attached hydrogens (tertiary/aromatic N) is 1. The SMILES string of the molecule is CC1CCCC(CCNC(CC#N)c2ccccc2)C1. The van der Waals surface area contributed by atoms with Crippen molar-refractivity contribution in [1.82, 2.24) is 5.32 Å². The number of nitrogens with one attached hydrogen (secondary N) is 1. The lowest BCUT2D eigenvalue weighted by Crippen LogP contribution is -2.25. The van der Waals surface area contributed by atoms with Crippen LogP contribution in [0.3, 0.4) is 0 Å². The molecule has 0 spiro atoms. The van der Waals surface area contributed by atoms with E-state index in [1.54, 1.807) is 0 Å². The molecule has 0 radical (unpaired) electrons. The Hall–Kier alpha value is -1.33. The molecule has 1 fully saturated rings. The van der Waals surface area contributed by atoms with Crippen LogP contribution in [0.15, 0.2) is 30.3 Å². The summed E-state index contributed by atoms with van der Waals surface area (Å²) in [5.41, 5.74) is 1.23. The summed E-state index contributed by atoms with van der Waals surface area (Å²) in [6.07, 6.45) is 7.37. The van der Waals surface area contributed by atoms with Crippen molar-refractivity contribution in [1.29, 1.82) is 5.26 Å². The molecule has 3 atom stereocenters. The minimum Gasteiger partial charge on any atom is -0.309 e. The van der Waals surface area contributed by atoms with Crippen molar-refractivity contribution in [2.75, 3.05) is 6.54 Å². The van der Waals surface area contributed by atoms with Gasteiger partial charge in [-0.25, -0.2) is 0 Å². The molecule has 20 heavy (non-hydrogen) atoms. The van der Waals surface area contributed by atoms with Gasteiger partial charge in [0.1, 0.15) is 0 Å². The van der Waals surface area contributed by atoms with E-state index < -0.39 is 0 Å². The maximum Gasteiger partial charge on any atom is 0.0641 e. The average Bonchev–Trinajstić information content (AvgIpc) is 2.47. The number of nitriles is 1. The van der Waals surface area contributed by atoms with Crippen molar-refractivity contribution in [3.05, 3.63) is 35.9 Å². The summed E-state index contributed by atoms with van der Waals surface area (Å²) < 4.78 is 0. The van der Waals surface area contributed by atoms with Gasteiger partial charge in [-0.05, 0) is 36.8 Å². The molecule has 0 bridgehead atoms. The summed E-state index contributed by atoms with van der Waals surface area (Å²) in [6.45, 7) is 3.40. The second-order valence-electron chi connectivity index (χ2n) is 6.21. The first-order valence-electron chi connectivity index (χ1n) is 7.95. The van der Waals surface area contributed by atoms with Gasteiger partial charge >= 0.3 is 0 Å². The Morgan fingerprint density at radius 2 is 2.10 bits per heavy atom. The van der Waals surface area contributed by atoms with E-state index in [2.05, 4.69) is 30.4 Å². The first kappa shape index (κ1) is 15.1. The first-order chi connectivity index (χ1) is 9.79. The van der Waals surface area contributed by atoms with Gasteiger partial charge in [-0.3, -0.25) is 0 Å². The first-order valence-corrected chi connectivity index (χ1v) is 7.95. The maximum atomic E-state index is 8.99. The van der Waals surface area contributed by atoms with Crippen LogP contribution in [0.4, 0.5) is 0 Å². The van der Waals surface area contributed by atoms with E-state index in [1.807, 2.05) is 18.2 Å². The van der Waals surface area contributed by atoms with Gasteiger partial charge in [0, 0.05) is 6.04 Å². The van der Waals surface area contributed by atoms with Crippen LogP contribution in [0.5, 0.6) is 0 Å². The van der Waals surface area contributed by atoms with Crippen molar-refractivity contribution in [3.63, 3.8) is 0 Å². The van der Waals surface area contributed by atoms with Crippen molar-refractivity contribution in [3.8, 4) is 6.07 Å². The van der Waals surface area contributed by atoms with Gasteiger partial charge in [-0.2, -0.15) is 5.26 Å². The smallest absolute Gasteiger partial charge is 0.0641 e. The molecule has 0 aromatic heterocycles. The lowest BCUT2D eigenvalue weighted by molar-refractivity contribution is 0.265. The van der Waals surface area contributed by atoms with Gasteiger partial charge in [-0.1, -0.05) is 56.5 Å². The molecule has 1 aliphatic rings. The number of hydrogen-bond donors (Lipinski definition) is 1. The number of hydrogen-bond acceptors (Lipinski definition) is 2. The fourth-order valence-corrected chi connectivity index (χ4v) is 3.37. The second kappa shape index (κ2) is 8.07. The normalized spacial score (nSPS) is 24.0. The maximum absolute atomic E-state index is 8.99. The van der Waals surface area contributed by atoms with E-state index in [-0.39, 0.29) is 6.04 Å². The van der Waals surface area contributed by atoms with Crippen LogP contribution in [0.1, 0.15) is 57.1 Å². The van der Waals surface area contributed by atoms with Gasteiger partial charge < -0.3 is 5.32 Å². The van der Waals surface area contributed by atoms with Gasteiger partial charge in [-0.15, -0.1) is 0 Å². The molecular weight excluding hydrogens is 244 g/mol. The lowest BCUT2D eigenvalue weighted by atomic mass is 9.81. The van der Waals surface area contributed by atoms with Crippen LogP contribution in [-0.2, 0) is 0 Å². The van der Waals surface area contributed by atoms with E-state index in [4.69, 9.17) is 5.26 Å². The van der Waals surface area contributed by atoms with E-state index in [0.29, 0.717) is 6.42 Å². The molecule has 3 unspecified atom stereocenters. The molecular formula is C18H26N2. The highest BCUT2D eigenvalue weighted by atomic mass is 14.9. The molecule has 1 aromatic rings. The Morgan fingerprint density at radius 1 is 1.30 bits per heavy atom. The van der Waals surface area contributed by atoms with Crippen molar-refractivity contribution >= 4 is 0 Å². The molecule has 1 saturated carbocycles. The zero-order valence-electron chi connectivity index (χ0n) is 12.5. The van der Waals surface area contributed by atoms with Crippen LogP contribution in [0, 0.1) is 23.2 Å². The molecule has 2 heteroatoms. The predicted octanol–water partition coefficient (Wildman–Crippen LogP) is 4.45. The molecule has 1 N–H and O–H groups in total. The van der Waals surface area contributed by atoms with E-state index in [0.717, 1.165) is 18.4 Å². The summed E-state index contributed by atoms with van der Waals surface area (Å²) in [7, 11) is 0. The summed E-state index contributed by atoms with van der Waals surface area (Å²) in [6, 6.07) is 12.8. The van der Waals surface area contributed by atoms with Crippen LogP contribution in [-0.4, -0.2) is 6.54 Å². The van der Waals surface area contributed by atoms with Gasteiger partial charge in [0.25, 0.3) is 0 Å².